The standard InChI is InChI=1S/C22H28N4O3S/c1-15-16(2)30-21(25-15)14-24-20(27)13-18-22(28)23-10-12-26(18)11-6-8-17-7-4-5-9-19(17)29-3/h4-9,18H,10-14H2,1-3H3,(H,23,28)(H,24,27)/b8-6+. The van der Waals surface area contributed by atoms with Gasteiger partial charge >= 0.3 is 0 Å². The zero-order chi connectivity index (χ0) is 21.5. The third-order valence-electron chi connectivity index (χ3n) is 5.11. The highest BCUT2D eigenvalue weighted by atomic mass is 32.1. The summed E-state index contributed by atoms with van der Waals surface area (Å²) in [6, 6.07) is 7.28. The van der Waals surface area contributed by atoms with Crippen LogP contribution < -0.4 is 15.4 Å². The fraction of sp³-hybridized carbons (Fsp3) is 0.409. The smallest absolute Gasteiger partial charge is 0.237 e. The van der Waals surface area contributed by atoms with Crippen LogP contribution in [0.15, 0.2) is 30.3 Å². The molecule has 2 aromatic rings. The summed E-state index contributed by atoms with van der Waals surface area (Å²) in [4.78, 5) is 32.5. The van der Waals surface area contributed by atoms with Crippen molar-refractivity contribution in [2.45, 2.75) is 32.9 Å². The van der Waals surface area contributed by atoms with Crippen molar-refractivity contribution < 1.29 is 14.3 Å². The molecule has 1 aliphatic heterocycles. The summed E-state index contributed by atoms with van der Waals surface area (Å²) in [6.45, 7) is 6.22. The third-order valence-corrected chi connectivity index (χ3v) is 6.18. The summed E-state index contributed by atoms with van der Waals surface area (Å²) in [7, 11) is 1.64. The van der Waals surface area contributed by atoms with Gasteiger partial charge in [-0.1, -0.05) is 30.4 Å². The van der Waals surface area contributed by atoms with Gasteiger partial charge in [0.25, 0.3) is 0 Å². The van der Waals surface area contributed by atoms with Crippen LogP contribution in [0, 0.1) is 13.8 Å². The molecule has 2 N–H and O–H groups in total. The van der Waals surface area contributed by atoms with Gasteiger partial charge < -0.3 is 15.4 Å². The fourth-order valence-corrected chi connectivity index (χ4v) is 4.23. The predicted molar refractivity (Wildman–Crippen MR) is 118 cm³/mol. The van der Waals surface area contributed by atoms with Crippen LogP contribution in [0.25, 0.3) is 6.08 Å². The van der Waals surface area contributed by atoms with E-state index < -0.39 is 6.04 Å². The summed E-state index contributed by atoms with van der Waals surface area (Å²) in [5, 5.41) is 6.63. The van der Waals surface area contributed by atoms with E-state index in [9.17, 15) is 9.59 Å². The van der Waals surface area contributed by atoms with Crippen molar-refractivity contribution in [2.75, 3.05) is 26.7 Å². The topological polar surface area (TPSA) is 83.6 Å². The number of hydrogen-bond acceptors (Lipinski definition) is 6. The maximum Gasteiger partial charge on any atom is 0.237 e. The van der Waals surface area contributed by atoms with Crippen LogP contribution in [0.3, 0.4) is 0 Å². The summed E-state index contributed by atoms with van der Waals surface area (Å²) in [6.07, 6.45) is 4.11. The predicted octanol–water partition coefficient (Wildman–Crippen LogP) is 2.29. The van der Waals surface area contributed by atoms with Gasteiger partial charge in [-0.15, -0.1) is 11.3 Å². The van der Waals surface area contributed by atoms with Gasteiger partial charge in [0.2, 0.25) is 11.8 Å². The SMILES string of the molecule is COc1ccccc1/C=C/CN1CCNC(=O)C1CC(=O)NCc1nc(C)c(C)s1. The molecular weight excluding hydrogens is 400 g/mol. The quantitative estimate of drug-likeness (QED) is 0.674. The van der Waals surface area contributed by atoms with E-state index in [1.54, 1.807) is 18.4 Å². The molecule has 2 amide bonds. The molecule has 2 heterocycles. The van der Waals surface area contributed by atoms with Crippen LogP contribution in [0.1, 0.15) is 27.6 Å². The van der Waals surface area contributed by atoms with Crippen LogP contribution >= 0.6 is 11.3 Å². The van der Waals surface area contributed by atoms with Gasteiger partial charge in [-0.3, -0.25) is 14.5 Å². The van der Waals surface area contributed by atoms with Crippen molar-refractivity contribution in [3.05, 3.63) is 51.5 Å². The molecule has 0 saturated carbocycles. The number of amides is 2. The van der Waals surface area contributed by atoms with Crippen molar-refractivity contribution in [3.8, 4) is 5.75 Å². The molecule has 0 radical (unpaired) electrons. The number of thiazole rings is 1. The number of para-hydroxylation sites is 1. The van der Waals surface area contributed by atoms with Gasteiger partial charge in [0.05, 0.1) is 31.8 Å². The Balaban J connectivity index is 1.57. The molecule has 1 fully saturated rings. The highest BCUT2D eigenvalue weighted by molar-refractivity contribution is 7.11. The van der Waals surface area contributed by atoms with Gasteiger partial charge in [-0.2, -0.15) is 0 Å². The van der Waals surface area contributed by atoms with E-state index in [1.807, 2.05) is 55.2 Å². The second kappa shape index (κ2) is 10.4. The minimum Gasteiger partial charge on any atom is -0.496 e. The van der Waals surface area contributed by atoms with E-state index in [0.29, 0.717) is 26.2 Å². The van der Waals surface area contributed by atoms with Gasteiger partial charge in [0.15, 0.2) is 0 Å². The van der Waals surface area contributed by atoms with Crippen molar-refractivity contribution in [3.63, 3.8) is 0 Å². The Morgan fingerprint density at radius 2 is 2.20 bits per heavy atom. The average Bonchev–Trinajstić information content (AvgIpc) is 3.06. The van der Waals surface area contributed by atoms with Gasteiger partial charge in [0, 0.05) is 30.1 Å². The second-order valence-corrected chi connectivity index (χ2v) is 8.46. The Bertz CT molecular complexity index is 905. The molecule has 1 saturated heterocycles. The average molecular weight is 429 g/mol. The Labute approximate surface area is 181 Å². The largest absolute Gasteiger partial charge is 0.496 e. The summed E-state index contributed by atoms with van der Waals surface area (Å²) in [5.41, 5.74) is 1.97. The van der Waals surface area contributed by atoms with Crippen LogP contribution in [-0.4, -0.2) is 54.5 Å². The highest BCUT2D eigenvalue weighted by Crippen LogP contribution is 2.19. The first-order valence-electron chi connectivity index (χ1n) is 9.99. The first kappa shape index (κ1) is 22.0. The number of carbonyl (C=O) groups is 2. The lowest BCUT2D eigenvalue weighted by molar-refractivity contribution is -0.133. The lowest BCUT2D eigenvalue weighted by atomic mass is 10.1. The van der Waals surface area contributed by atoms with Gasteiger partial charge in [-0.05, 0) is 19.9 Å². The molecule has 1 aliphatic rings. The second-order valence-electron chi connectivity index (χ2n) is 7.18. The zero-order valence-corrected chi connectivity index (χ0v) is 18.4. The lowest BCUT2D eigenvalue weighted by Gasteiger charge is -2.33. The Kier molecular flexibility index (Phi) is 7.59. The molecular formula is C22H28N4O3S. The molecule has 1 aromatic heterocycles. The van der Waals surface area contributed by atoms with Crippen LogP contribution in [0.2, 0.25) is 0 Å². The summed E-state index contributed by atoms with van der Waals surface area (Å²) in [5.74, 6) is 0.540. The van der Waals surface area contributed by atoms with E-state index >= 15 is 0 Å². The maximum atomic E-state index is 12.5. The number of nitrogens with one attached hydrogen (secondary N) is 2. The van der Waals surface area contributed by atoms with E-state index in [-0.39, 0.29) is 18.2 Å². The molecule has 0 bridgehead atoms. The minimum absolute atomic E-state index is 0.108. The molecule has 3 rings (SSSR count). The lowest BCUT2D eigenvalue weighted by Crippen LogP contribution is -2.56. The number of aromatic nitrogens is 1. The van der Waals surface area contributed by atoms with Crippen molar-refractivity contribution >= 4 is 29.2 Å². The molecule has 7 nitrogen and oxygen atoms in total. The molecule has 0 spiro atoms. The van der Waals surface area contributed by atoms with Crippen LogP contribution in [0.4, 0.5) is 0 Å². The maximum absolute atomic E-state index is 12.5. The van der Waals surface area contributed by atoms with Crippen molar-refractivity contribution in [1.29, 1.82) is 0 Å². The number of piperazine rings is 1. The number of carbonyl (C=O) groups excluding carboxylic acids is 2. The summed E-state index contributed by atoms with van der Waals surface area (Å²) < 4.78 is 5.36. The molecule has 160 valence electrons. The van der Waals surface area contributed by atoms with E-state index in [0.717, 1.165) is 26.9 Å². The number of benzene rings is 1. The van der Waals surface area contributed by atoms with Crippen molar-refractivity contribution in [2.24, 2.45) is 0 Å². The third kappa shape index (κ3) is 5.67. The van der Waals surface area contributed by atoms with Crippen LogP contribution in [0.5, 0.6) is 5.75 Å². The molecule has 1 atom stereocenters. The number of methoxy groups -OCH3 is 1. The number of ether oxygens (including phenoxy) is 1. The fourth-order valence-electron chi connectivity index (χ4n) is 3.36. The first-order valence-corrected chi connectivity index (χ1v) is 10.8. The van der Waals surface area contributed by atoms with E-state index in [1.165, 1.54) is 0 Å². The molecule has 1 unspecified atom stereocenters. The Morgan fingerprint density at radius 3 is 2.93 bits per heavy atom. The first-order chi connectivity index (χ1) is 14.5. The monoisotopic (exact) mass is 428 g/mol. The molecule has 8 heteroatoms. The molecule has 30 heavy (non-hydrogen) atoms. The molecule has 0 aliphatic carbocycles. The van der Waals surface area contributed by atoms with E-state index in [2.05, 4.69) is 15.6 Å². The normalized spacial score (nSPS) is 17.2. The molecule has 1 aromatic carbocycles. The minimum atomic E-state index is -0.485. The van der Waals surface area contributed by atoms with Crippen LogP contribution in [-0.2, 0) is 16.1 Å². The number of rotatable bonds is 8. The van der Waals surface area contributed by atoms with Gasteiger partial charge in [-0.25, -0.2) is 4.98 Å². The Morgan fingerprint density at radius 1 is 1.40 bits per heavy atom. The van der Waals surface area contributed by atoms with Crippen molar-refractivity contribution in [1.82, 2.24) is 20.5 Å². The Hall–Kier alpha value is -2.71. The van der Waals surface area contributed by atoms with Gasteiger partial charge in [0.1, 0.15) is 10.8 Å². The zero-order valence-electron chi connectivity index (χ0n) is 17.6. The number of aryl methyl sites for hydroxylation is 2. The van der Waals surface area contributed by atoms with E-state index in [4.69, 9.17) is 4.74 Å². The highest BCUT2D eigenvalue weighted by Gasteiger charge is 2.30. The number of nitrogens with zero attached hydrogens (tertiary/aromatic N) is 2. The summed E-state index contributed by atoms with van der Waals surface area (Å²) >= 11 is 1.58. The number of hydrogen-bond donors (Lipinski definition) is 2.